The third-order valence-electron chi connectivity index (χ3n) is 2.38. The minimum Gasteiger partial charge on any atom is -0.508 e. The molecule has 0 spiro atoms. The van der Waals surface area contributed by atoms with E-state index in [2.05, 4.69) is 9.97 Å². The fourth-order valence-corrected chi connectivity index (χ4v) is 1.74. The second-order valence-corrected chi connectivity index (χ2v) is 3.28. The molecule has 2 heterocycles. The second kappa shape index (κ2) is 2.48. The number of fused-ring (bicyclic) bond motifs is 3. The standard InChI is InChI=1S/C11H8N2O/c14-7-1-2-8-9-3-4-12-6-11(9)13-10(8)5-7/h1-6,13-14H. The molecule has 3 heteroatoms. The Morgan fingerprint density at radius 3 is 2.86 bits per heavy atom. The first-order valence-electron chi connectivity index (χ1n) is 4.39. The van der Waals surface area contributed by atoms with Crippen LogP contribution in [0.1, 0.15) is 0 Å². The maximum atomic E-state index is 9.32. The van der Waals surface area contributed by atoms with Gasteiger partial charge in [-0.1, -0.05) is 0 Å². The van der Waals surface area contributed by atoms with E-state index in [1.165, 1.54) is 0 Å². The highest BCUT2D eigenvalue weighted by Gasteiger charge is 2.03. The van der Waals surface area contributed by atoms with Crippen molar-refractivity contribution in [2.45, 2.75) is 0 Å². The molecule has 68 valence electrons. The van der Waals surface area contributed by atoms with Gasteiger partial charge in [0.05, 0.1) is 17.2 Å². The number of benzene rings is 1. The lowest BCUT2D eigenvalue weighted by molar-refractivity contribution is 0.476. The molecule has 0 aliphatic rings. The van der Waals surface area contributed by atoms with Crippen molar-refractivity contribution >= 4 is 21.8 Å². The summed E-state index contributed by atoms with van der Waals surface area (Å²) in [5.74, 6) is 0.275. The number of H-pyrrole nitrogens is 1. The molecule has 2 N–H and O–H groups in total. The van der Waals surface area contributed by atoms with Crippen LogP contribution in [0.3, 0.4) is 0 Å². The molecule has 3 aromatic rings. The molecule has 0 bridgehead atoms. The fraction of sp³-hybridized carbons (Fsp3) is 0. The smallest absolute Gasteiger partial charge is 0.117 e. The Balaban J connectivity index is 2.57. The Bertz CT molecular complexity index is 613. The van der Waals surface area contributed by atoms with E-state index in [0.29, 0.717) is 0 Å². The molecule has 1 aromatic carbocycles. The lowest BCUT2D eigenvalue weighted by Crippen LogP contribution is -1.68. The molecule has 0 unspecified atom stereocenters. The van der Waals surface area contributed by atoms with Crippen LogP contribution >= 0.6 is 0 Å². The molecule has 0 saturated heterocycles. The highest BCUT2D eigenvalue weighted by atomic mass is 16.3. The van der Waals surface area contributed by atoms with Gasteiger partial charge in [0.1, 0.15) is 5.75 Å². The van der Waals surface area contributed by atoms with Gasteiger partial charge in [-0.25, -0.2) is 0 Å². The Morgan fingerprint density at radius 1 is 1.07 bits per heavy atom. The molecule has 0 aliphatic carbocycles. The minimum atomic E-state index is 0.275. The Labute approximate surface area is 80.0 Å². The third-order valence-corrected chi connectivity index (χ3v) is 2.38. The number of pyridine rings is 1. The Hall–Kier alpha value is -2.03. The van der Waals surface area contributed by atoms with Gasteiger partial charge in [0, 0.05) is 23.0 Å². The first kappa shape index (κ1) is 7.38. The average Bonchev–Trinajstić information content (AvgIpc) is 2.54. The zero-order chi connectivity index (χ0) is 9.54. The van der Waals surface area contributed by atoms with Gasteiger partial charge < -0.3 is 10.1 Å². The summed E-state index contributed by atoms with van der Waals surface area (Å²) in [5.41, 5.74) is 1.93. The highest BCUT2D eigenvalue weighted by molar-refractivity contribution is 6.07. The van der Waals surface area contributed by atoms with Gasteiger partial charge in [0.15, 0.2) is 0 Å². The topological polar surface area (TPSA) is 48.9 Å². The third kappa shape index (κ3) is 0.893. The van der Waals surface area contributed by atoms with Crippen molar-refractivity contribution in [1.82, 2.24) is 9.97 Å². The number of phenolic OH excluding ortho intramolecular Hbond substituents is 1. The predicted octanol–water partition coefficient (Wildman–Crippen LogP) is 2.42. The van der Waals surface area contributed by atoms with Gasteiger partial charge in [0.2, 0.25) is 0 Å². The Morgan fingerprint density at radius 2 is 1.93 bits per heavy atom. The first-order valence-corrected chi connectivity index (χ1v) is 4.39. The molecule has 0 fully saturated rings. The van der Waals surface area contributed by atoms with E-state index in [4.69, 9.17) is 0 Å². The molecule has 3 rings (SSSR count). The molecule has 0 saturated carbocycles. The molecular formula is C11H8N2O. The van der Waals surface area contributed by atoms with Crippen LogP contribution in [-0.2, 0) is 0 Å². The number of nitrogens with zero attached hydrogens (tertiary/aromatic N) is 1. The van der Waals surface area contributed by atoms with Crippen LogP contribution in [0, 0.1) is 0 Å². The van der Waals surface area contributed by atoms with E-state index in [1.54, 1.807) is 24.5 Å². The molecule has 0 aliphatic heterocycles. The van der Waals surface area contributed by atoms with Crippen molar-refractivity contribution in [2.24, 2.45) is 0 Å². The van der Waals surface area contributed by atoms with Crippen LogP contribution in [0.5, 0.6) is 5.75 Å². The van der Waals surface area contributed by atoms with Crippen molar-refractivity contribution < 1.29 is 5.11 Å². The van der Waals surface area contributed by atoms with Crippen molar-refractivity contribution in [2.75, 3.05) is 0 Å². The largest absolute Gasteiger partial charge is 0.508 e. The van der Waals surface area contributed by atoms with Crippen LogP contribution in [0.15, 0.2) is 36.7 Å². The van der Waals surface area contributed by atoms with Crippen molar-refractivity contribution in [3.63, 3.8) is 0 Å². The highest BCUT2D eigenvalue weighted by Crippen LogP contribution is 2.26. The van der Waals surface area contributed by atoms with E-state index in [-0.39, 0.29) is 5.75 Å². The zero-order valence-electron chi connectivity index (χ0n) is 7.36. The van der Waals surface area contributed by atoms with Crippen LogP contribution in [0.2, 0.25) is 0 Å². The molecule has 14 heavy (non-hydrogen) atoms. The maximum Gasteiger partial charge on any atom is 0.117 e. The SMILES string of the molecule is Oc1ccc2c(c1)[nH]c1cnccc12. The summed E-state index contributed by atoms with van der Waals surface area (Å²) >= 11 is 0. The summed E-state index contributed by atoms with van der Waals surface area (Å²) in [6, 6.07) is 7.28. The van der Waals surface area contributed by atoms with Crippen molar-refractivity contribution in [1.29, 1.82) is 0 Å². The van der Waals surface area contributed by atoms with Gasteiger partial charge in [0.25, 0.3) is 0 Å². The summed E-state index contributed by atoms with van der Waals surface area (Å²) in [5, 5.41) is 11.6. The molecule has 3 nitrogen and oxygen atoms in total. The number of aromatic amines is 1. The average molecular weight is 184 g/mol. The quantitative estimate of drug-likeness (QED) is 0.563. The lowest BCUT2D eigenvalue weighted by atomic mass is 10.2. The molecule has 0 radical (unpaired) electrons. The molecule has 0 amide bonds. The van der Waals surface area contributed by atoms with E-state index >= 15 is 0 Å². The van der Waals surface area contributed by atoms with Crippen LogP contribution < -0.4 is 0 Å². The van der Waals surface area contributed by atoms with Crippen LogP contribution in [0.25, 0.3) is 21.8 Å². The first-order chi connectivity index (χ1) is 6.84. The Kier molecular flexibility index (Phi) is 1.31. The molecule has 2 aromatic heterocycles. The zero-order valence-corrected chi connectivity index (χ0v) is 7.36. The minimum absolute atomic E-state index is 0.275. The van der Waals surface area contributed by atoms with Gasteiger partial charge in [-0.2, -0.15) is 0 Å². The van der Waals surface area contributed by atoms with E-state index in [9.17, 15) is 5.11 Å². The number of nitrogens with one attached hydrogen (secondary N) is 1. The summed E-state index contributed by atoms with van der Waals surface area (Å²) in [6.45, 7) is 0. The van der Waals surface area contributed by atoms with Gasteiger partial charge in [-0.05, 0) is 18.2 Å². The number of phenols is 1. The number of hydrogen-bond donors (Lipinski definition) is 2. The van der Waals surface area contributed by atoms with Crippen molar-refractivity contribution in [3.8, 4) is 5.75 Å². The maximum absolute atomic E-state index is 9.32. The molecule has 0 atom stereocenters. The van der Waals surface area contributed by atoms with E-state index < -0.39 is 0 Å². The summed E-state index contributed by atoms with van der Waals surface area (Å²) in [4.78, 5) is 7.23. The van der Waals surface area contributed by atoms with Crippen molar-refractivity contribution in [3.05, 3.63) is 36.7 Å². The predicted molar refractivity (Wildman–Crippen MR) is 55.3 cm³/mol. The summed E-state index contributed by atoms with van der Waals surface area (Å²) in [7, 11) is 0. The van der Waals surface area contributed by atoms with Gasteiger partial charge in [-0.15, -0.1) is 0 Å². The van der Waals surface area contributed by atoms with E-state index in [0.717, 1.165) is 21.8 Å². The normalized spacial score (nSPS) is 11.1. The van der Waals surface area contributed by atoms with Crippen LogP contribution in [0.4, 0.5) is 0 Å². The summed E-state index contributed by atoms with van der Waals surface area (Å²) in [6.07, 6.45) is 3.55. The van der Waals surface area contributed by atoms with Crippen LogP contribution in [-0.4, -0.2) is 15.1 Å². The number of rotatable bonds is 0. The molecular weight excluding hydrogens is 176 g/mol. The summed E-state index contributed by atoms with van der Waals surface area (Å²) < 4.78 is 0. The van der Waals surface area contributed by atoms with E-state index in [1.807, 2.05) is 12.1 Å². The second-order valence-electron chi connectivity index (χ2n) is 3.28. The lowest BCUT2D eigenvalue weighted by Gasteiger charge is -1.91. The number of aromatic nitrogens is 2. The number of aromatic hydroxyl groups is 1. The number of hydrogen-bond acceptors (Lipinski definition) is 2. The monoisotopic (exact) mass is 184 g/mol. The van der Waals surface area contributed by atoms with Gasteiger partial charge in [-0.3, -0.25) is 4.98 Å². The van der Waals surface area contributed by atoms with Gasteiger partial charge >= 0.3 is 0 Å². The fourth-order valence-electron chi connectivity index (χ4n) is 1.74.